The molecule has 2 aromatic rings. The third-order valence-corrected chi connectivity index (χ3v) is 5.94. The zero-order valence-corrected chi connectivity index (χ0v) is 17.1. The first kappa shape index (κ1) is 19.6. The van der Waals surface area contributed by atoms with Crippen LogP contribution in [0.2, 0.25) is 5.02 Å². The number of methoxy groups -OCH3 is 1. The van der Waals surface area contributed by atoms with Gasteiger partial charge in [0.1, 0.15) is 12.6 Å². The standard InChI is InChI=1S/C23H23ClN2O3/c1-29-20(27)14-26-19-12-11-17(24)13-18(19)21(15-7-3-2-4-8-15)25-22(23(26)28)16-9-5-6-10-16/h2-4,7-8,11-13,16,22H,5-6,9-10,14H2,1H3. The molecule has 2 aromatic carbocycles. The maximum atomic E-state index is 13.6. The average molecular weight is 411 g/mol. The van der Waals surface area contributed by atoms with E-state index in [0.29, 0.717) is 10.7 Å². The minimum Gasteiger partial charge on any atom is -0.468 e. The molecule has 0 radical (unpaired) electrons. The molecule has 1 amide bonds. The van der Waals surface area contributed by atoms with Gasteiger partial charge in [0.15, 0.2) is 0 Å². The Morgan fingerprint density at radius 2 is 1.90 bits per heavy atom. The summed E-state index contributed by atoms with van der Waals surface area (Å²) in [6.45, 7) is -0.148. The average Bonchev–Trinajstić information content (AvgIpc) is 3.24. The maximum Gasteiger partial charge on any atom is 0.325 e. The van der Waals surface area contributed by atoms with Gasteiger partial charge >= 0.3 is 5.97 Å². The lowest BCUT2D eigenvalue weighted by molar-refractivity contribution is -0.140. The molecular weight excluding hydrogens is 388 g/mol. The van der Waals surface area contributed by atoms with Crippen molar-refractivity contribution in [3.63, 3.8) is 0 Å². The van der Waals surface area contributed by atoms with Crippen LogP contribution in [0.3, 0.4) is 0 Å². The molecule has 0 spiro atoms. The van der Waals surface area contributed by atoms with Crippen molar-refractivity contribution < 1.29 is 14.3 Å². The molecule has 1 aliphatic heterocycles. The van der Waals surface area contributed by atoms with Crippen LogP contribution >= 0.6 is 11.6 Å². The smallest absolute Gasteiger partial charge is 0.325 e. The zero-order valence-electron chi connectivity index (χ0n) is 16.3. The summed E-state index contributed by atoms with van der Waals surface area (Å²) in [4.78, 5) is 32.2. The van der Waals surface area contributed by atoms with Crippen LogP contribution in [-0.2, 0) is 14.3 Å². The van der Waals surface area contributed by atoms with Crippen molar-refractivity contribution in [1.82, 2.24) is 0 Å². The monoisotopic (exact) mass is 410 g/mol. The van der Waals surface area contributed by atoms with E-state index in [1.165, 1.54) is 12.0 Å². The van der Waals surface area contributed by atoms with E-state index >= 15 is 0 Å². The van der Waals surface area contributed by atoms with Crippen molar-refractivity contribution in [2.24, 2.45) is 10.9 Å². The van der Waals surface area contributed by atoms with Crippen molar-refractivity contribution in [1.29, 1.82) is 0 Å². The normalized spacial score (nSPS) is 19.5. The number of carbonyl (C=O) groups excluding carboxylic acids is 2. The van der Waals surface area contributed by atoms with E-state index in [-0.39, 0.29) is 18.4 Å². The summed E-state index contributed by atoms with van der Waals surface area (Å²) in [7, 11) is 1.33. The van der Waals surface area contributed by atoms with Gasteiger partial charge in [-0.2, -0.15) is 0 Å². The predicted molar refractivity (Wildman–Crippen MR) is 114 cm³/mol. The van der Waals surface area contributed by atoms with Gasteiger partial charge in [-0.3, -0.25) is 19.5 Å². The van der Waals surface area contributed by atoms with Crippen molar-refractivity contribution >= 4 is 34.9 Å². The van der Waals surface area contributed by atoms with Gasteiger partial charge in [-0.25, -0.2) is 0 Å². The summed E-state index contributed by atoms with van der Waals surface area (Å²) in [6, 6.07) is 14.6. The number of esters is 1. The highest BCUT2D eigenvalue weighted by Gasteiger charge is 2.38. The second-order valence-corrected chi connectivity index (χ2v) is 7.93. The number of anilines is 1. The minimum atomic E-state index is -0.525. The summed E-state index contributed by atoms with van der Waals surface area (Å²) in [5, 5.41) is 0.553. The van der Waals surface area contributed by atoms with Gasteiger partial charge in [0, 0.05) is 16.1 Å². The number of ether oxygens (including phenoxy) is 1. The number of hydrogen-bond donors (Lipinski definition) is 0. The van der Waals surface area contributed by atoms with E-state index in [0.717, 1.165) is 42.5 Å². The molecule has 29 heavy (non-hydrogen) atoms. The van der Waals surface area contributed by atoms with Gasteiger partial charge in [0.2, 0.25) is 0 Å². The predicted octanol–water partition coefficient (Wildman–Crippen LogP) is 4.26. The molecule has 6 heteroatoms. The number of aliphatic imine (C=N–C) groups is 1. The number of carbonyl (C=O) groups is 2. The fourth-order valence-corrected chi connectivity index (χ4v) is 4.41. The molecule has 1 heterocycles. The van der Waals surface area contributed by atoms with Gasteiger partial charge in [-0.15, -0.1) is 0 Å². The second kappa shape index (κ2) is 8.37. The van der Waals surface area contributed by atoms with Crippen LogP contribution in [0.1, 0.15) is 36.8 Å². The summed E-state index contributed by atoms with van der Waals surface area (Å²) >= 11 is 6.31. The fraction of sp³-hybridized carbons (Fsp3) is 0.348. The fourth-order valence-electron chi connectivity index (χ4n) is 4.24. The van der Waals surface area contributed by atoms with Crippen molar-refractivity contribution in [3.8, 4) is 0 Å². The Morgan fingerprint density at radius 3 is 2.59 bits per heavy atom. The van der Waals surface area contributed by atoms with Crippen LogP contribution in [0.5, 0.6) is 0 Å². The highest BCUT2D eigenvalue weighted by Crippen LogP contribution is 2.36. The van der Waals surface area contributed by atoms with Crippen LogP contribution in [0.15, 0.2) is 53.5 Å². The Hall–Kier alpha value is -2.66. The molecule has 1 aliphatic carbocycles. The van der Waals surface area contributed by atoms with Crippen LogP contribution < -0.4 is 4.90 Å². The lowest BCUT2D eigenvalue weighted by Crippen LogP contribution is -2.43. The van der Waals surface area contributed by atoms with E-state index in [4.69, 9.17) is 21.3 Å². The van der Waals surface area contributed by atoms with E-state index in [9.17, 15) is 9.59 Å². The number of rotatable bonds is 4. The number of hydrogen-bond acceptors (Lipinski definition) is 4. The molecular formula is C23H23ClN2O3. The van der Waals surface area contributed by atoms with Gasteiger partial charge in [-0.05, 0) is 37.0 Å². The van der Waals surface area contributed by atoms with E-state index < -0.39 is 12.0 Å². The molecule has 0 bridgehead atoms. The first-order chi connectivity index (χ1) is 14.1. The molecule has 0 saturated heterocycles. The number of fused-ring (bicyclic) bond motifs is 1. The highest BCUT2D eigenvalue weighted by molar-refractivity contribution is 6.32. The molecule has 1 saturated carbocycles. The molecule has 5 nitrogen and oxygen atoms in total. The Bertz CT molecular complexity index is 952. The van der Waals surface area contributed by atoms with Crippen molar-refractivity contribution in [2.45, 2.75) is 31.7 Å². The van der Waals surface area contributed by atoms with Crippen LogP contribution in [0.4, 0.5) is 5.69 Å². The topological polar surface area (TPSA) is 59.0 Å². The number of nitrogens with zero attached hydrogens (tertiary/aromatic N) is 2. The second-order valence-electron chi connectivity index (χ2n) is 7.50. The minimum absolute atomic E-state index is 0.148. The maximum absolute atomic E-state index is 13.6. The number of benzene rings is 2. The van der Waals surface area contributed by atoms with E-state index in [1.54, 1.807) is 12.1 Å². The third-order valence-electron chi connectivity index (χ3n) is 5.70. The molecule has 4 rings (SSSR count). The highest BCUT2D eigenvalue weighted by atomic mass is 35.5. The van der Waals surface area contributed by atoms with Crippen LogP contribution in [0, 0.1) is 5.92 Å². The summed E-state index contributed by atoms with van der Waals surface area (Å²) in [5.41, 5.74) is 3.04. The number of amides is 1. The Labute approximate surface area is 175 Å². The molecule has 1 fully saturated rings. The van der Waals surface area contributed by atoms with E-state index in [2.05, 4.69) is 0 Å². The van der Waals surface area contributed by atoms with Crippen LogP contribution in [-0.4, -0.2) is 37.3 Å². The van der Waals surface area contributed by atoms with Crippen molar-refractivity contribution in [2.75, 3.05) is 18.6 Å². The quantitative estimate of drug-likeness (QED) is 0.708. The summed E-state index contributed by atoms with van der Waals surface area (Å²) in [6.07, 6.45) is 4.12. The number of halogens is 1. The summed E-state index contributed by atoms with van der Waals surface area (Å²) < 4.78 is 4.86. The molecule has 2 aliphatic rings. The van der Waals surface area contributed by atoms with Crippen LogP contribution in [0.25, 0.3) is 0 Å². The first-order valence-corrected chi connectivity index (χ1v) is 10.3. The lowest BCUT2D eigenvalue weighted by atomic mass is 9.97. The molecule has 150 valence electrons. The third kappa shape index (κ3) is 3.92. The first-order valence-electron chi connectivity index (χ1n) is 9.90. The number of benzodiazepines with no additional fused rings is 1. The zero-order chi connectivity index (χ0) is 20.4. The molecule has 0 N–H and O–H groups in total. The Morgan fingerprint density at radius 1 is 1.17 bits per heavy atom. The van der Waals surface area contributed by atoms with Gasteiger partial charge in [0.05, 0.1) is 18.5 Å². The molecule has 1 unspecified atom stereocenters. The molecule has 1 atom stereocenters. The summed E-state index contributed by atoms with van der Waals surface area (Å²) in [5.74, 6) is -0.449. The lowest BCUT2D eigenvalue weighted by Gasteiger charge is -2.26. The Balaban J connectivity index is 1.91. The largest absolute Gasteiger partial charge is 0.468 e. The SMILES string of the molecule is COC(=O)CN1C(=O)C(C2CCCC2)N=C(c2ccccc2)c2cc(Cl)ccc21. The molecule has 0 aromatic heterocycles. The van der Waals surface area contributed by atoms with Crippen molar-refractivity contribution in [3.05, 3.63) is 64.7 Å². The van der Waals surface area contributed by atoms with Gasteiger partial charge in [-0.1, -0.05) is 54.8 Å². The van der Waals surface area contributed by atoms with E-state index in [1.807, 2.05) is 36.4 Å². The Kier molecular flexibility index (Phi) is 5.67. The van der Waals surface area contributed by atoms with Gasteiger partial charge < -0.3 is 4.74 Å². The van der Waals surface area contributed by atoms with Gasteiger partial charge in [0.25, 0.3) is 5.91 Å².